The van der Waals surface area contributed by atoms with E-state index in [9.17, 15) is 13.2 Å². The Bertz CT molecular complexity index is 945. The molecule has 0 saturated heterocycles. The van der Waals surface area contributed by atoms with Crippen LogP contribution in [0.3, 0.4) is 0 Å². The second-order valence-electron chi connectivity index (χ2n) is 9.46. The van der Waals surface area contributed by atoms with E-state index < -0.39 is 17.3 Å². The third-order valence-corrected chi connectivity index (χ3v) is 6.53. The highest BCUT2D eigenvalue weighted by molar-refractivity contribution is 5.71. The highest BCUT2D eigenvalue weighted by Crippen LogP contribution is 2.40. The summed E-state index contributed by atoms with van der Waals surface area (Å²) in [4.78, 5) is 4.17. The largest absolute Gasteiger partial charge is 0.383 e. The summed E-state index contributed by atoms with van der Waals surface area (Å²) in [6.07, 6.45) is 6.17. The molecule has 2 aliphatic carbocycles. The van der Waals surface area contributed by atoms with Crippen LogP contribution in [0.25, 0.3) is 11.1 Å². The first-order chi connectivity index (χ1) is 15.8. The summed E-state index contributed by atoms with van der Waals surface area (Å²) in [5.41, 5.74) is -0.343. The molecule has 1 aromatic heterocycles. The van der Waals surface area contributed by atoms with Gasteiger partial charge >= 0.3 is 0 Å². The van der Waals surface area contributed by atoms with Crippen LogP contribution in [0.4, 0.5) is 24.7 Å². The number of methoxy groups -OCH3 is 1. The molecule has 2 saturated carbocycles. The summed E-state index contributed by atoms with van der Waals surface area (Å²) in [5, 5.41) is 9.98. The molecule has 5 nitrogen and oxygen atoms in total. The fraction of sp³-hybridized carbons (Fsp3) is 0.560. The molecule has 180 valence electrons. The molecule has 8 heteroatoms. The average molecular weight is 463 g/mol. The Hall–Kier alpha value is -2.32. The minimum absolute atomic E-state index is 0.131. The summed E-state index contributed by atoms with van der Waals surface area (Å²) < 4.78 is 48.3. The standard InChI is InChI=1S/C25H33F3N4O/c1-16(14-33-2)31-17-3-5-18(6-4-17)32-24-12-21(23(27)13-29-24)20-11-19(7-8-22(20)26)30-15-25(28)9-10-25/h7-8,11-13,16-18,30-31H,3-6,9-10,14-15H2,1-2H3,(H,29,32)/t16-,17-,18-/m1/s1. The Morgan fingerprint density at radius 1 is 1.06 bits per heavy atom. The van der Waals surface area contributed by atoms with Crippen molar-refractivity contribution in [1.29, 1.82) is 0 Å². The van der Waals surface area contributed by atoms with Crippen molar-refractivity contribution < 1.29 is 17.9 Å². The van der Waals surface area contributed by atoms with Crippen molar-refractivity contribution >= 4 is 11.5 Å². The number of halogens is 3. The zero-order valence-electron chi connectivity index (χ0n) is 19.3. The summed E-state index contributed by atoms with van der Waals surface area (Å²) in [7, 11) is 1.70. The maximum atomic E-state index is 14.6. The Morgan fingerprint density at radius 3 is 2.45 bits per heavy atom. The lowest BCUT2D eigenvalue weighted by Crippen LogP contribution is -2.42. The number of alkyl halides is 1. The first-order valence-electron chi connectivity index (χ1n) is 11.7. The average Bonchev–Trinajstić information content (AvgIpc) is 3.53. The van der Waals surface area contributed by atoms with E-state index in [4.69, 9.17) is 4.74 Å². The molecule has 0 spiro atoms. The monoisotopic (exact) mass is 462 g/mol. The van der Waals surface area contributed by atoms with Crippen LogP contribution in [-0.2, 0) is 4.74 Å². The van der Waals surface area contributed by atoms with E-state index in [1.54, 1.807) is 19.2 Å². The highest BCUT2D eigenvalue weighted by Gasteiger charge is 2.42. The van der Waals surface area contributed by atoms with Crippen molar-refractivity contribution in [2.24, 2.45) is 0 Å². The van der Waals surface area contributed by atoms with Gasteiger partial charge in [0.25, 0.3) is 0 Å². The predicted molar refractivity (Wildman–Crippen MR) is 125 cm³/mol. The summed E-state index contributed by atoms with van der Waals surface area (Å²) in [6.45, 7) is 2.97. The summed E-state index contributed by atoms with van der Waals surface area (Å²) >= 11 is 0. The third-order valence-electron chi connectivity index (χ3n) is 6.53. The Labute approximate surface area is 193 Å². The number of hydrogen-bond donors (Lipinski definition) is 3. The maximum Gasteiger partial charge on any atom is 0.149 e. The van der Waals surface area contributed by atoms with E-state index in [-0.39, 0.29) is 23.7 Å². The van der Waals surface area contributed by atoms with Gasteiger partial charge in [-0.15, -0.1) is 0 Å². The van der Waals surface area contributed by atoms with E-state index in [1.165, 1.54) is 12.1 Å². The fourth-order valence-corrected chi connectivity index (χ4v) is 4.45. The maximum absolute atomic E-state index is 14.6. The van der Waals surface area contributed by atoms with Gasteiger partial charge in [-0.3, -0.25) is 0 Å². The number of ether oxygens (including phenoxy) is 1. The van der Waals surface area contributed by atoms with Gasteiger partial charge in [0.1, 0.15) is 23.1 Å². The van der Waals surface area contributed by atoms with Gasteiger partial charge in [-0.1, -0.05) is 0 Å². The van der Waals surface area contributed by atoms with Crippen molar-refractivity contribution in [3.8, 4) is 11.1 Å². The van der Waals surface area contributed by atoms with E-state index in [0.717, 1.165) is 31.9 Å². The van der Waals surface area contributed by atoms with E-state index in [2.05, 4.69) is 27.9 Å². The van der Waals surface area contributed by atoms with Gasteiger partial charge in [0.2, 0.25) is 0 Å². The number of pyridine rings is 1. The molecule has 1 atom stereocenters. The van der Waals surface area contributed by atoms with Crippen LogP contribution >= 0.6 is 0 Å². The first kappa shape index (κ1) is 23.8. The lowest BCUT2D eigenvalue weighted by molar-refractivity contribution is 0.161. The molecular weight excluding hydrogens is 429 g/mol. The highest BCUT2D eigenvalue weighted by atomic mass is 19.1. The van der Waals surface area contributed by atoms with Gasteiger partial charge in [-0.25, -0.2) is 18.2 Å². The molecule has 1 heterocycles. The predicted octanol–water partition coefficient (Wildman–Crippen LogP) is 5.29. The van der Waals surface area contributed by atoms with Gasteiger partial charge in [-0.2, -0.15) is 0 Å². The first-order valence-corrected chi connectivity index (χ1v) is 11.7. The topological polar surface area (TPSA) is 58.2 Å². The number of rotatable bonds is 10. The Morgan fingerprint density at radius 2 is 1.76 bits per heavy atom. The lowest BCUT2D eigenvalue weighted by atomic mass is 9.90. The number of nitrogens with zero attached hydrogens (tertiary/aromatic N) is 1. The molecule has 0 bridgehead atoms. The number of nitrogens with one attached hydrogen (secondary N) is 3. The van der Waals surface area contributed by atoms with Crippen LogP contribution in [0, 0.1) is 11.6 Å². The van der Waals surface area contributed by atoms with E-state index >= 15 is 0 Å². The molecule has 2 fully saturated rings. The number of anilines is 2. The molecule has 0 unspecified atom stereocenters. The third kappa shape index (κ3) is 6.38. The minimum Gasteiger partial charge on any atom is -0.383 e. The van der Waals surface area contributed by atoms with Crippen molar-refractivity contribution in [3.05, 3.63) is 42.1 Å². The second-order valence-corrected chi connectivity index (χ2v) is 9.46. The van der Waals surface area contributed by atoms with Crippen molar-refractivity contribution in [3.63, 3.8) is 0 Å². The van der Waals surface area contributed by atoms with Gasteiger partial charge in [0.15, 0.2) is 0 Å². The molecule has 2 aromatic rings. The number of benzene rings is 1. The molecule has 0 amide bonds. The fourth-order valence-electron chi connectivity index (χ4n) is 4.45. The molecule has 0 radical (unpaired) electrons. The van der Waals surface area contributed by atoms with Crippen LogP contribution in [0.1, 0.15) is 45.4 Å². The van der Waals surface area contributed by atoms with Crippen LogP contribution < -0.4 is 16.0 Å². The SMILES string of the molecule is COC[C@@H](C)N[C@H]1CC[C@H](Nc2cc(-c3cc(NCC4(F)CC4)ccc3F)c(F)cn2)CC1. The molecule has 4 rings (SSSR count). The summed E-state index contributed by atoms with van der Waals surface area (Å²) in [6, 6.07) is 6.90. The van der Waals surface area contributed by atoms with Gasteiger partial charge in [-0.05, 0) is 69.7 Å². The normalized spacial score (nSPS) is 22.6. The van der Waals surface area contributed by atoms with Crippen molar-refractivity contribution in [2.45, 2.75) is 69.2 Å². The molecule has 33 heavy (non-hydrogen) atoms. The van der Waals surface area contributed by atoms with E-state index in [1.807, 2.05) is 0 Å². The molecule has 3 N–H and O–H groups in total. The smallest absolute Gasteiger partial charge is 0.149 e. The lowest BCUT2D eigenvalue weighted by Gasteiger charge is -2.31. The van der Waals surface area contributed by atoms with Crippen LogP contribution in [0.5, 0.6) is 0 Å². The second kappa shape index (κ2) is 10.3. The van der Waals surface area contributed by atoms with Crippen molar-refractivity contribution in [2.75, 3.05) is 30.9 Å². The van der Waals surface area contributed by atoms with Crippen LogP contribution in [0.15, 0.2) is 30.5 Å². The molecule has 1 aromatic carbocycles. The quantitative estimate of drug-likeness (QED) is 0.448. The van der Waals surface area contributed by atoms with Crippen molar-refractivity contribution in [1.82, 2.24) is 10.3 Å². The number of aromatic nitrogens is 1. The van der Waals surface area contributed by atoms with Gasteiger partial charge in [0, 0.05) is 48.6 Å². The zero-order valence-corrected chi connectivity index (χ0v) is 19.3. The molecule has 2 aliphatic rings. The summed E-state index contributed by atoms with van der Waals surface area (Å²) in [5.74, 6) is -0.607. The van der Waals surface area contributed by atoms with Crippen LogP contribution in [-0.4, -0.2) is 49.0 Å². The van der Waals surface area contributed by atoms with Gasteiger partial charge < -0.3 is 20.7 Å². The van der Waals surface area contributed by atoms with Gasteiger partial charge in [0.05, 0.1) is 12.8 Å². The molecule has 0 aliphatic heterocycles. The Balaban J connectivity index is 1.40. The Kier molecular flexibility index (Phi) is 7.44. The van der Waals surface area contributed by atoms with E-state index in [0.29, 0.717) is 43.0 Å². The minimum atomic E-state index is -1.18. The zero-order chi connectivity index (χ0) is 23.4. The van der Waals surface area contributed by atoms with Crippen LogP contribution in [0.2, 0.25) is 0 Å². The number of hydrogen-bond acceptors (Lipinski definition) is 5. The molecular formula is C25H33F3N4O.